The van der Waals surface area contributed by atoms with Crippen molar-refractivity contribution in [3.8, 4) is 0 Å². The first-order chi connectivity index (χ1) is 16.3. The average molecular weight is 577 g/mol. The molecule has 0 aromatic carbocycles. The second kappa shape index (κ2) is 9.93. The number of carbonyl (C=O) groups is 3. The van der Waals surface area contributed by atoms with Gasteiger partial charge in [-0.25, -0.2) is 19.1 Å². The Morgan fingerprint density at radius 3 is 2.46 bits per heavy atom. The first-order valence-electron chi connectivity index (χ1n) is 10.2. The number of rotatable bonds is 6. The van der Waals surface area contributed by atoms with Crippen LogP contribution in [0.4, 0.5) is 18.2 Å². The van der Waals surface area contributed by atoms with E-state index in [1.165, 1.54) is 13.8 Å². The van der Waals surface area contributed by atoms with E-state index in [1.54, 1.807) is 20.8 Å². The molecule has 0 aliphatic carbocycles. The maximum Gasteiger partial charge on any atom is 0.433 e. The lowest BCUT2D eigenvalue weighted by Crippen LogP contribution is -2.18. The van der Waals surface area contributed by atoms with Crippen LogP contribution in [0.15, 0.2) is 10.5 Å². The molecule has 0 saturated heterocycles. The van der Waals surface area contributed by atoms with Gasteiger partial charge in [-0.05, 0) is 62.2 Å². The zero-order chi connectivity index (χ0) is 26.2. The first kappa shape index (κ1) is 26.6. The number of nitrogens with zero attached hydrogens (tertiary/aromatic N) is 3. The highest BCUT2D eigenvalue weighted by Gasteiger charge is 2.36. The highest BCUT2D eigenvalue weighted by Crippen LogP contribution is 2.36. The highest BCUT2D eigenvalue weighted by atomic mass is 79.9. The van der Waals surface area contributed by atoms with Crippen LogP contribution in [0.25, 0.3) is 5.65 Å². The third kappa shape index (κ3) is 5.32. The van der Waals surface area contributed by atoms with E-state index in [-0.39, 0.29) is 43.4 Å². The zero-order valence-electron chi connectivity index (χ0n) is 19.2. The Labute approximate surface area is 209 Å². The molecule has 188 valence electrons. The fraction of sp³-hybridized carbons (Fsp3) is 0.381. The van der Waals surface area contributed by atoms with Gasteiger partial charge in [0.05, 0.1) is 22.7 Å². The number of alkyl halides is 3. The van der Waals surface area contributed by atoms with Crippen LogP contribution in [0.2, 0.25) is 0 Å². The van der Waals surface area contributed by atoms with E-state index in [9.17, 15) is 27.6 Å². The Bertz CT molecular complexity index is 1330. The summed E-state index contributed by atoms with van der Waals surface area (Å²) in [7, 11) is 0. The molecule has 1 N–H and O–H groups in total. The number of fused-ring (bicyclic) bond motifs is 1. The third-order valence-corrected chi connectivity index (χ3v) is 6.47. The Morgan fingerprint density at radius 1 is 1.23 bits per heavy atom. The van der Waals surface area contributed by atoms with Crippen molar-refractivity contribution < 1.29 is 37.0 Å². The minimum absolute atomic E-state index is 0.0367. The molecule has 3 rings (SSSR count). The van der Waals surface area contributed by atoms with Gasteiger partial charge in [-0.1, -0.05) is 0 Å². The number of esters is 2. The number of aryl methyl sites for hydroxylation is 1. The molecule has 0 aliphatic rings. The second-order valence-electron chi connectivity index (χ2n) is 7.57. The van der Waals surface area contributed by atoms with Gasteiger partial charge in [-0.3, -0.25) is 4.79 Å². The summed E-state index contributed by atoms with van der Waals surface area (Å²) in [6, 6.07) is 0.808. The number of hydrogen-bond donors (Lipinski definition) is 1. The quantitative estimate of drug-likeness (QED) is 0.402. The summed E-state index contributed by atoms with van der Waals surface area (Å²) in [4.78, 5) is 42.3. The van der Waals surface area contributed by atoms with Crippen LogP contribution in [-0.2, 0) is 15.7 Å². The molecular weight excluding hydrogens is 557 g/mol. The largest absolute Gasteiger partial charge is 0.462 e. The van der Waals surface area contributed by atoms with Gasteiger partial charge in [0.2, 0.25) is 0 Å². The van der Waals surface area contributed by atoms with E-state index in [0.29, 0.717) is 4.52 Å². The molecule has 0 spiro atoms. The Kier molecular flexibility index (Phi) is 7.55. The monoisotopic (exact) mass is 576 g/mol. The van der Waals surface area contributed by atoms with Crippen LogP contribution < -0.4 is 5.32 Å². The summed E-state index contributed by atoms with van der Waals surface area (Å²) in [6.45, 7) is 7.84. The van der Waals surface area contributed by atoms with E-state index in [0.717, 1.165) is 17.4 Å². The van der Waals surface area contributed by atoms with Crippen molar-refractivity contribution in [1.29, 1.82) is 0 Å². The van der Waals surface area contributed by atoms with Crippen LogP contribution in [0.1, 0.15) is 68.2 Å². The molecule has 0 aliphatic heterocycles. The number of halogens is 4. The fourth-order valence-electron chi connectivity index (χ4n) is 3.13. The summed E-state index contributed by atoms with van der Waals surface area (Å²) < 4.78 is 51.3. The lowest BCUT2D eigenvalue weighted by molar-refractivity contribution is -0.142. The number of ether oxygens (including phenoxy) is 2. The van der Waals surface area contributed by atoms with Gasteiger partial charge < -0.3 is 14.8 Å². The van der Waals surface area contributed by atoms with Crippen molar-refractivity contribution in [1.82, 2.24) is 14.6 Å². The normalized spacial score (nSPS) is 11.7. The number of amides is 1. The maximum absolute atomic E-state index is 13.5. The van der Waals surface area contributed by atoms with Crippen LogP contribution in [0, 0.1) is 13.8 Å². The molecule has 9 nitrogen and oxygen atoms in total. The molecule has 35 heavy (non-hydrogen) atoms. The standard InChI is InChI=1S/C21H20BrF3N4O5S/c1-6-33-20(32)15-10(5)12(19(31)34-8(2)3)18(35-15)27-17(30)14-13(22)16-26-9(4)7-11(21(23,24)25)29(16)28-14/h7-8H,6H2,1-5H3,(H,27,30). The van der Waals surface area contributed by atoms with Crippen LogP contribution >= 0.6 is 27.3 Å². The van der Waals surface area contributed by atoms with Crippen LogP contribution in [0.3, 0.4) is 0 Å². The Morgan fingerprint density at radius 2 is 1.89 bits per heavy atom. The first-order valence-corrected chi connectivity index (χ1v) is 11.8. The molecule has 0 bridgehead atoms. The van der Waals surface area contributed by atoms with E-state index in [4.69, 9.17) is 9.47 Å². The average Bonchev–Trinajstić information content (AvgIpc) is 3.23. The van der Waals surface area contributed by atoms with Crippen molar-refractivity contribution in [3.05, 3.63) is 43.6 Å². The Hall–Kier alpha value is -3.00. The van der Waals surface area contributed by atoms with Gasteiger partial charge >= 0.3 is 18.1 Å². The highest BCUT2D eigenvalue weighted by molar-refractivity contribution is 9.10. The van der Waals surface area contributed by atoms with Gasteiger partial charge in [0.15, 0.2) is 11.3 Å². The fourth-order valence-corrected chi connectivity index (χ4v) is 4.73. The summed E-state index contributed by atoms with van der Waals surface area (Å²) in [5.74, 6) is -2.41. The van der Waals surface area contributed by atoms with Crippen LogP contribution in [-0.4, -0.2) is 45.2 Å². The number of carbonyl (C=O) groups excluding carboxylic acids is 3. The summed E-state index contributed by atoms with van der Waals surface area (Å²) in [5.41, 5.74) is -1.48. The van der Waals surface area contributed by atoms with Crippen molar-refractivity contribution in [2.24, 2.45) is 0 Å². The molecule has 3 aromatic heterocycles. The van der Waals surface area contributed by atoms with E-state index in [2.05, 4.69) is 31.3 Å². The number of hydrogen-bond acceptors (Lipinski definition) is 8. The predicted molar refractivity (Wildman–Crippen MR) is 124 cm³/mol. The molecule has 3 heterocycles. The predicted octanol–water partition coefficient (Wildman–Crippen LogP) is 5.18. The molecular formula is C21H20BrF3N4O5S. The number of thiophene rings is 1. The van der Waals surface area contributed by atoms with Crippen molar-refractivity contribution in [2.75, 3.05) is 11.9 Å². The summed E-state index contributed by atoms with van der Waals surface area (Å²) >= 11 is 3.89. The minimum Gasteiger partial charge on any atom is -0.462 e. The summed E-state index contributed by atoms with van der Waals surface area (Å²) in [5, 5.41) is 6.24. The van der Waals surface area contributed by atoms with Crippen molar-refractivity contribution in [2.45, 2.75) is 46.9 Å². The molecule has 1 amide bonds. The van der Waals surface area contributed by atoms with Crippen LogP contribution in [0.5, 0.6) is 0 Å². The van der Waals surface area contributed by atoms with Gasteiger partial charge in [-0.15, -0.1) is 11.3 Å². The minimum atomic E-state index is -4.75. The maximum atomic E-state index is 13.5. The summed E-state index contributed by atoms with van der Waals surface area (Å²) in [6.07, 6.45) is -5.24. The molecule has 0 radical (unpaired) electrons. The van der Waals surface area contributed by atoms with Gasteiger partial charge in [-0.2, -0.15) is 18.3 Å². The number of nitrogens with one attached hydrogen (secondary N) is 1. The van der Waals surface area contributed by atoms with Gasteiger partial charge in [0.25, 0.3) is 5.91 Å². The molecule has 0 fully saturated rings. The third-order valence-electron chi connectivity index (χ3n) is 4.55. The van der Waals surface area contributed by atoms with E-state index < -0.39 is 41.5 Å². The lowest BCUT2D eigenvalue weighted by Gasteiger charge is -2.10. The SMILES string of the molecule is CCOC(=O)c1sc(NC(=O)c2nn3c(C(F)(F)F)cc(C)nc3c2Br)c(C(=O)OC(C)C)c1C. The Balaban J connectivity index is 2.09. The molecule has 0 saturated carbocycles. The molecule has 14 heteroatoms. The van der Waals surface area contributed by atoms with Gasteiger partial charge in [0.1, 0.15) is 15.6 Å². The molecule has 0 atom stereocenters. The smallest absolute Gasteiger partial charge is 0.433 e. The zero-order valence-corrected chi connectivity index (χ0v) is 21.6. The molecule has 0 unspecified atom stereocenters. The number of anilines is 1. The van der Waals surface area contributed by atoms with E-state index >= 15 is 0 Å². The second-order valence-corrected chi connectivity index (χ2v) is 9.38. The molecule has 3 aromatic rings. The van der Waals surface area contributed by atoms with Crippen molar-refractivity contribution >= 4 is 55.8 Å². The van der Waals surface area contributed by atoms with E-state index in [1.807, 2.05) is 0 Å². The topological polar surface area (TPSA) is 112 Å². The lowest BCUT2D eigenvalue weighted by atomic mass is 10.1. The van der Waals surface area contributed by atoms with Gasteiger partial charge in [0, 0.05) is 5.69 Å². The van der Waals surface area contributed by atoms with Crippen molar-refractivity contribution in [3.63, 3.8) is 0 Å². The number of aromatic nitrogens is 3.